The van der Waals surface area contributed by atoms with E-state index in [9.17, 15) is 17.2 Å². The van der Waals surface area contributed by atoms with E-state index in [-0.39, 0.29) is 10.6 Å². The minimum absolute atomic E-state index is 0.0901. The number of rotatable bonds is 3. The average Bonchev–Trinajstić information content (AvgIpc) is 3.16. The van der Waals surface area contributed by atoms with Gasteiger partial charge in [-0.2, -0.15) is 0 Å². The Bertz CT molecular complexity index is 891. The molecular weight excluding hydrogens is 340 g/mol. The molecule has 0 unspecified atom stereocenters. The number of nitrogens with one attached hydrogen (secondary N) is 1. The Morgan fingerprint density at radius 1 is 1.04 bits per heavy atom. The largest absolute Gasteiger partial charge is 0.493 e. The molecule has 0 spiro atoms. The second kappa shape index (κ2) is 5.34. The van der Waals surface area contributed by atoms with Gasteiger partial charge in [0.2, 0.25) is 0 Å². The summed E-state index contributed by atoms with van der Waals surface area (Å²) in [5.74, 6) is -1.25. The van der Waals surface area contributed by atoms with Gasteiger partial charge in [0, 0.05) is 24.0 Å². The van der Waals surface area contributed by atoms with E-state index < -0.39 is 27.3 Å². The average molecular weight is 353 g/mol. The Morgan fingerprint density at radius 2 is 1.75 bits per heavy atom. The van der Waals surface area contributed by atoms with Crippen molar-refractivity contribution in [2.45, 2.75) is 17.7 Å². The highest BCUT2D eigenvalue weighted by Crippen LogP contribution is 2.43. The summed E-state index contributed by atoms with van der Waals surface area (Å²) in [6, 6.07) is 4.91. The first-order valence-corrected chi connectivity index (χ1v) is 8.87. The van der Waals surface area contributed by atoms with Crippen LogP contribution >= 0.6 is 0 Å². The van der Waals surface area contributed by atoms with Gasteiger partial charge >= 0.3 is 0 Å². The Hall–Kier alpha value is -2.35. The summed E-state index contributed by atoms with van der Waals surface area (Å²) < 4.78 is 66.3. The van der Waals surface area contributed by atoms with E-state index >= 15 is 0 Å². The minimum atomic E-state index is -4.24. The van der Waals surface area contributed by atoms with Crippen molar-refractivity contribution in [1.82, 2.24) is 0 Å². The summed E-state index contributed by atoms with van der Waals surface area (Å²) in [5.41, 5.74) is 0.477. The second-order valence-electron chi connectivity index (χ2n) is 5.57. The minimum Gasteiger partial charge on any atom is -0.493 e. The maximum Gasteiger partial charge on any atom is 0.266 e. The van der Waals surface area contributed by atoms with Crippen LogP contribution in [0.2, 0.25) is 0 Å². The molecule has 24 heavy (non-hydrogen) atoms. The normalized spacial score (nSPS) is 15.4. The van der Waals surface area contributed by atoms with Crippen LogP contribution in [0.4, 0.5) is 14.5 Å². The van der Waals surface area contributed by atoms with Crippen molar-refractivity contribution in [3.05, 3.63) is 47.0 Å². The molecule has 0 atom stereocenters. The van der Waals surface area contributed by atoms with E-state index in [0.717, 1.165) is 18.2 Å². The molecule has 0 aromatic heterocycles. The third-order valence-corrected chi connectivity index (χ3v) is 5.51. The number of hydrogen-bond acceptors (Lipinski definition) is 4. The summed E-state index contributed by atoms with van der Waals surface area (Å²) in [4.78, 5) is -0.0901. The van der Waals surface area contributed by atoms with Crippen LogP contribution in [0.25, 0.3) is 0 Å². The van der Waals surface area contributed by atoms with Crippen LogP contribution in [0.15, 0.2) is 29.2 Å². The molecule has 2 aliphatic heterocycles. The predicted molar refractivity (Wildman–Crippen MR) is 82.0 cm³/mol. The number of ether oxygens (including phenoxy) is 2. The van der Waals surface area contributed by atoms with Crippen molar-refractivity contribution in [3.63, 3.8) is 0 Å². The summed E-state index contributed by atoms with van der Waals surface area (Å²) in [7, 11) is -4.24. The second-order valence-corrected chi connectivity index (χ2v) is 7.19. The van der Waals surface area contributed by atoms with Crippen LogP contribution in [-0.4, -0.2) is 21.6 Å². The molecule has 0 bridgehead atoms. The first-order valence-electron chi connectivity index (χ1n) is 7.38. The lowest BCUT2D eigenvalue weighted by molar-refractivity contribution is 0.348. The van der Waals surface area contributed by atoms with Crippen LogP contribution in [-0.2, 0) is 22.9 Å². The Labute approximate surface area is 137 Å². The number of benzene rings is 2. The number of hydrogen-bond donors (Lipinski definition) is 1. The molecule has 5 nitrogen and oxygen atoms in total. The van der Waals surface area contributed by atoms with Crippen molar-refractivity contribution < 1.29 is 26.7 Å². The molecular formula is C16H13F2NO4S. The fourth-order valence-electron chi connectivity index (χ4n) is 3.01. The fraction of sp³-hybridized carbons (Fsp3) is 0.250. The van der Waals surface area contributed by atoms with Crippen molar-refractivity contribution in [2.24, 2.45) is 0 Å². The van der Waals surface area contributed by atoms with Gasteiger partial charge < -0.3 is 9.47 Å². The van der Waals surface area contributed by atoms with Gasteiger partial charge in [-0.3, -0.25) is 4.72 Å². The maximum atomic E-state index is 13.8. The number of fused-ring (bicyclic) bond motifs is 2. The van der Waals surface area contributed by atoms with Crippen LogP contribution in [0, 0.1) is 11.6 Å². The lowest BCUT2D eigenvalue weighted by atomic mass is 10.1. The van der Waals surface area contributed by atoms with E-state index in [4.69, 9.17) is 9.47 Å². The molecule has 1 N–H and O–H groups in total. The standard InChI is InChI=1S/C16H13F2NO4S/c17-11-2-1-3-12(18)14(11)19-24(20,21)16-10-5-7-22-13(10)8-9-4-6-23-15(9)16/h1-3,8,19H,4-7H2. The molecule has 4 rings (SSSR count). The summed E-state index contributed by atoms with van der Waals surface area (Å²) in [5, 5.41) is 0. The lowest BCUT2D eigenvalue weighted by Crippen LogP contribution is -2.17. The maximum absolute atomic E-state index is 13.8. The monoisotopic (exact) mass is 353 g/mol. The van der Waals surface area contributed by atoms with Gasteiger partial charge in [-0.25, -0.2) is 17.2 Å². The van der Waals surface area contributed by atoms with Crippen LogP contribution < -0.4 is 14.2 Å². The van der Waals surface area contributed by atoms with Crippen molar-refractivity contribution in [1.29, 1.82) is 0 Å². The van der Waals surface area contributed by atoms with Gasteiger partial charge in [-0.05, 0) is 18.2 Å². The highest BCUT2D eigenvalue weighted by Gasteiger charge is 2.34. The van der Waals surface area contributed by atoms with Gasteiger partial charge in [0.25, 0.3) is 10.0 Å². The van der Waals surface area contributed by atoms with Crippen LogP contribution in [0.5, 0.6) is 11.5 Å². The zero-order chi connectivity index (χ0) is 16.9. The van der Waals surface area contributed by atoms with E-state index in [2.05, 4.69) is 0 Å². The molecule has 0 saturated heterocycles. The van der Waals surface area contributed by atoms with Gasteiger partial charge in [-0.1, -0.05) is 6.07 Å². The summed E-state index contributed by atoms with van der Waals surface area (Å²) in [6.07, 6.45) is 0.949. The van der Waals surface area contributed by atoms with Crippen molar-refractivity contribution >= 4 is 15.7 Å². The first kappa shape index (κ1) is 15.2. The summed E-state index contributed by atoms with van der Waals surface area (Å²) >= 11 is 0. The number of anilines is 1. The molecule has 0 saturated carbocycles. The molecule has 0 amide bonds. The van der Waals surface area contributed by atoms with Crippen molar-refractivity contribution in [2.75, 3.05) is 17.9 Å². The summed E-state index contributed by atoms with van der Waals surface area (Å²) in [6.45, 7) is 0.712. The van der Waals surface area contributed by atoms with E-state index in [1.807, 2.05) is 4.72 Å². The highest BCUT2D eigenvalue weighted by molar-refractivity contribution is 7.92. The molecule has 126 valence electrons. The quantitative estimate of drug-likeness (QED) is 0.921. The highest BCUT2D eigenvalue weighted by atomic mass is 32.2. The molecule has 0 aliphatic carbocycles. The zero-order valence-corrected chi connectivity index (χ0v) is 13.3. The van der Waals surface area contributed by atoms with Crippen LogP contribution in [0.3, 0.4) is 0 Å². The number of sulfonamides is 1. The molecule has 0 radical (unpaired) electrons. The van der Waals surface area contributed by atoms with E-state index in [1.54, 1.807) is 6.07 Å². The van der Waals surface area contributed by atoms with Gasteiger partial charge in [0.05, 0.1) is 13.2 Å². The third kappa shape index (κ3) is 2.29. The number of para-hydroxylation sites is 1. The molecule has 2 aliphatic rings. The Morgan fingerprint density at radius 3 is 2.50 bits per heavy atom. The van der Waals surface area contributed by atoms with Gasteiger partial charge in [0.15, 0.2) is 0 Å². The predicted octanol–water partition coefficient (Wildman–Crippen LogP) is 2.64. The topological polar surface area (TPSA) is 64.6 Å². The first-order chi connectivity index (χ1) is 11.5. The number of halogens is 2. The smallest absolute Gasteiger partial charge is 0.266 e. The zero-order valence-electron chi connectivity index (χ0n) is 12.4. The lowest BCUT2D eigenvalue weighted by Gasteiger charge is -2.15. The fourth-order valence-corrected chi connectivity index (χ4v) is 4.53. The molecule has 0 fully saturated rings. The van der Waals surface area contributed by atoms with Gasteiger partial charge in [0.1, 0.15) is 33.7 Å². The Balaban J connectivity index is 1.87. The molecule has 2 aromatic rings. The molecule has 8 heteroatoms. The van der Waals surface area contributed by atoms with E-state index in [1.165, 1.54) is 0 Å². The molecule has 2 heterocycles. The van der Waals surface area contributed by atoms with Crippen LogP contribution in [0.1, 0.15) is 11.1 Å². The van der Waals surface area contributed by atoms with Gasteiger partial charge in [-0.15, -0.1) is 0 Å². The Kier molecular flexibility index (Phi) is 3.38. The molecule has 2 aromatic carbocycles. The van der Waals surface area contributed by atoms with E-state index in [0.29, 0.717) is 42.9 Å². The third-order valence-electron chi connectivity index (χ3n) is 4.07. The SMILES string of the molecule is O=S(=O)(Nc1c(F)cccc1F)c1c2c(cc3c1OCC3)OCC2. The van der Waals surface area contributed by atoms with Crippen molar-refractivity contribution in [3.8, 4) is 11.5 Å².